The number of anilines is 1. The third-order valence-electron chi connectivity index (χ3n) is 3.38. The third kappa shape index (κ3) is 3.85. The molecule has 0 aliphatic heterocycles. The lowest BCUT2D eigenvalue weighted by molar-refractivity contribution is 0.112. The van der Waals surface area contributed by atoms with Gasteiger partial charge < -0.3 is 9.73 Å². The van der Waals surface area contributed by atoms with Crippen LogP contribution in [0.2, 0.25) is 0 Å². The molecule has 0 radical (unpaired) electrons. The first kappa shape index (κ1) is 16.7. The second-order valence-electron chi connectivity index (χ2n) is 4.93. The van der Waals surface area contributed by atoms with Gasteiger partial charge >= 0.3 is 0 Å². The van der Waals surface area contributed by atoms with Crippen LogP contribution in [0.25, 0.3) is 11.3 Å². The number of carbonyl (C=O) groups excluding carboxylic acids is 1. The minimum Gasteiger partial charge on any atom is -0.449 e. The standard InChI is InChI=1S/C17H14BrN3O2S/c1-24-17-20-9-13(10-22)16(21-17)19-8-11-2-4-12(5-3-11)14-6-7-15(18)23-14/h2-7,9-10H,8H2,1H3,(H,19,20,21). The minimum absolute atomic E-state index is 0.449. The maximum absolute atomic E-state index is 11.1. The van der Waals surface area contributed by atoms with Crippen molar-refractivity contribution in [3.05, 3.63) is 58.4 Å². The zero-order chi connectivity index (χ0) is 16.9. The SMILES string of the molecule is CSc1ncc(C=O)c(NCc2ccc(-c3ccc(Br)o3)cc2)n1. The van der Waals surface area contributed by atoms with Gasteiger partial charge in [0.2, 0.25) is 0 Å². The number of hydrogen-bond acceptors (Lipinski definition) is 6. The number of rotatable bonds is 6. The van der Waals surface area contributed by atoms with E-state index < -0.39 is 0 Å². The highest BCUT2D eigenvalue weighted by Gasteiger charge is 2.07. The molecule has 0 amide bonds. The number of carbonyl (C=O) groups is 1. The number of nitrogens with one attached hydrogen (secondary N) is 1. The molecule has 2 heterocycles. The second-order valence-corrected chi connectivity index (χ2v) is 6.49. The van der Waals surface area contributed by atoms with Crippen LogP contribution in [0, 0.1) is 0 Å². The molecule has 7 heteroatoms. The van der Waals surface area contributed by atoms with Gasteiger partial charge in [0.1, 0.15) is 11.6 Å². The molecule has 0 saturated heterocycles. The fourth-order valence-electron chi connectivity index (χ4n) is 2.14. The number of halogens is 1. The number of hydrogen-bond donors (Lipinski definition) is 1. The molecule has 0 unspecified atom stereocenters. The summed E-state index contributed by atoms with van der Waals surface area (Å²) in [4.78, 5) is 19.5. The molecule has 2 aromatic heterocycles. The first-order chi connectivity index (χ1) is 11.7. The van der Waals surface area contributed by atoms with Gasteiger partial charge in [0.05, 0.1) is 5.56 Å². The summed E-state index contributed by atoms with van der Waals surface area (Å²) in [7, 11) is 0. The smallest absolute Gasteiger partial charge is 0.189 e. The molecule has 5 nitrogen and oxygen atoms in total. The predicted molar refractivity (Wildman–Crippen MR) is 98.4 cm³/mol. The molecule has 1 aromatic carbocycles. The normalized spacial score (nSPS) is 10.6. The molecule has 0 bridgehead atoms. The molecule has 0 fully saturated rings. The molecule has 0 atom stereocenters. The highest BCUT2D eigenvalue weighted by Crippen LogP contribution is 2.25. The van der Waals surface area contributed by atoms with Gasteiger partial charge in [-0.3, -0.25) is 4.79 Å². The molecular weight excluding hydrogens is 390 g/mol. The average Bonchev–Trinajstić information content (AvgIpc) is 3.06. The largest absolute Gasteiger partial charge is 0.449 e. The fraction of sp³-hybridized carbons (Fsp3) is 0.118. The Morgan fingerprint density at radius 3 is 2.67 bits per heavy atom. The average molecular weight is 404 g/mol. The Labute approximate surface area is 152 Å². The number of benzene rings is 1. The molecule has 24 heavy (non-hydrogen) atoms. The van der Waals surface area contributed by atoms with Crippen LogP contribution < -0.4 is 5.32 Å². The molecule has 3 aromatic rings. The van der Waals surface area contributed by atoms with E-state index >= 15 is 0 Å². The van der Waals surface area contributed by atoms with Gasteiger partial charge in [-0.2, -0.15) is 0 Å². The number of furan rings is 1. The van der Waals surface area contributed by atoms with Crippen LogP contribution >= 0.6 is 27.7 Å². The highest BCUT2D eigenvalue weighted by molar-refractivity contribution is 9.10. The number of thioether (sulfide) groups is 1. The van der Waals surface area contributed by atoms with E-state index in [0.717, 1.165) is 23.2 Å². The third-order valence-corrected chi connectivity index (χ3v) is 4.36. The van der Waals surface area contributed by atoms with Gasteiger partial charge in [0.25, 0.3) is 0 Å². The van der Waals surface area contributed by atoms with Gasteiger partial charge in [-0.05, 0) is 39.9 Å². The lowest BCUT2D eigenvalue weighted by atomic mass is 10.1. The number of aldehydes is 1. The van der Waals surface area contributed by atoms with Crippen molar-refractivity contribution in [3.63, 3.8) is 0 Å². The number of aromatic nitrogens is 2. The van der Waals surface area contributed by atoms with E-state index in [9.17, 15) is 4.79 Å². The predicted octanol–water partition coefficient (Wildman–Crippen LogP) is 4.65. The van der Waals surface area contributed by atoms with Gasteiger partial charge in [-0.25, -0.2) is 9.97 Å². The van der Waals surface area contributed by atoms with Crippen LogP contribution in [0.4, 0.5) is 5.82 Å². The van der Waals surface area contributed by atoms with Crippen LogP contribution in [0.3, 0.4) is 0 Å². The molecular formula is C17H14BrN3O2S. The quantitative estimate of drug-likeness (QED) is 0.367. The van der Waals surface area contributed by atoms with Crippen molar-refractivity contribution in [1.29, 1.82) is 0 Å². The topological polar surface area (TPSA) is 68.0 Å². The van der Waals surface area contributed by atoms with E-state index in [1.165, 1.54) is 18.0 Å². The van der Waals surface area contributed by atoms with Gasteiger partial charge in [0, 0.05) is 18.3 Å². The first-order valence-electron chi connectivity index (χ1n) is 7.14. The maximum Gasteiger partial charge on any atom is 0.189 e. The summed E-state index contributed by atoms with van der Waals surface area (Å²) in [5.74, 6) is 1.36. The minimum atomic E-state index is 0.449. The summed E-state index contributed by atoms with van der Waals surface area (Å²) < 4.78 is 6.24. The molecule has 0 aliphatic carbocycles. The Morgan fingerprint density at radius 1 is 1.25 bits per heavy atom. The first-order valence-corrected chi connectivity index (χ1v) is 9.16. The van der Waals surface area contributed by atoms with Gasteiger partial charge in [-0.15, -0.1) is 0 Å². The van der Waals surface area contributed by atoms with E-state index in [1.807, 2.05) is 42.7 Å². The Morgan fingerprint density at radius 2 is 2.04 bits per heavy atom. The molecule has 3 rings (SSSR count). The number of nitrogens with zero attached hydrogens (tertiary/aromatic N) is 2. The molecule has 0 saturated carbocycles. The maximum atomic E-state index is 11.1. The molecule has 0 spiro atoms. The summed E-state index contributed by atoms with van der Waals surface area (Å²) >= 11 is 4.73. The van der Waals surface area contributed by atoms with Crippen molar-refractivity contribution in [2.45, 2.75) is 11.7 Å². The lowest BCUT2D eigenvalue weighted by Gasteiger charge is -2.09. The zero-order valence-corrected chi connectivity index (χ0v) is 15.2. The van der Waals surface area contributed by atoms with Crippen molar-refractivity contribution in [3.8, 4) is 11.3 Å². The van der Waals surface area contributed by atoms with Crippen LogP contribution in [0.1, 0.15) is 15.9 Å². The molecule has 0 aliphatic rings. The van der Waals surface area contributed by atoms with E-state index in [-0.39, 0.29) is 0 Å². The summed E-state index contributed by atoms with van der Waals surface area (Å²) in [6.45, 7) is 0.563. The second kappa shape index (κ2) is 7.63. The van der Waals surface area contributed by atoms with Crippen molar-refractivity contribution in [2.24, 2.45) is 0 Å². The summed E-state index contributed by atoms with van der Waals surface area (Å²) in [6.07, 6.45) is 4.18. The van der Waals surface area contributed by atoms with Crippen LogP contribution in [0.15, 0.2) is 56.8 Å². The van der Waals surface area contributed by atoms with E-state index in [2.05, 4.69) is 31.2 Å². The van der Waals surface area contributed by atoms with Crippen molar-refractivity contribution >= 4 is 39.8 Å². The van der Waals surface area contributed by atoms with Crippen molar-refractivity contribution < 1.29 is 9.21 Å². The van der Waals surface area contributed by atoms with Gasteiger partial charge in [-0.1, -0.05) is 36.0 Å². The van der Waals surface area contributed by atoms with Crippen molar-refractivity contribution in [2.75, 3.05) is 11.6 Å². The Kier molecular flexibility index (Phi) is 5.32. The van der Waals surface area contributed by atoms with E-state index in [0.29, 0.717) is 27.8 Å². The monoisotopic (exact) mass is 403 g/mol. The van der Waals surface area contributed by atoms with Crippen LogP contribution in [-0.2, 0) is 6.54 Å². The summed E-state index contributed by atoms with van der Waals surface area (Å²) in [5, 5.41) is 3.82. The Hall–Kier alpha value is -2.12. The molecule has 1 N–H and O–H groups in total. The van der Waals surface area contributed by atoms with Crippen molar-refractivity contribution in [1.82, 2.24) is 9.97 Å². The van der Waals surface area contributed by atoms with Crippen LogP contribution in [0.5, 0.6) is 0 Å². The zero-order valence-electron chi connectivity index (χ0n) is 12.8. The summed E-state index contributed by atoms with van der Waals surface area (Å²) in [5.41, 5.74) is 2.53. The molecule has 122 valence electrons. The lowest BCUT2D eigenvalue weighted by Crippen LogP contribution is -2.06. The Balaban J connectivity index is 1.72. The highest BCUT2D eigenvalue weighted by atomic mass is 79.9. The van der Waals surface area contributed by atoms with E-state index in [1.54, 1.807) is 0 Å². The van der Waals surface area contributed by atoms with E-state index in [4.69, 9.17) is 4.42 Å². The summed E-state index contributed by atoms with van der Waals surface area (Å²) in [6, 6.07) is 11.8. The van der Waals surface area contributed by atoms with Crippen LogP contribution in [-0.4, -0.2) is 22.5 Å². The fourth-order valence-corrected chi connectivity index (χ4v) is 2.79. The van der Waals surface area contributed by atoms with Gasteiger partial charge in [0.15, 0.2) is 16.1 Å². The Bertz CT molecular complexity index is 849.